The Kier molecular flexibility index (Phi) is 3.13. The third-order valence-electron chi connectivity index (χ3n) is 3.60. The lowest BCUT2D eigenvalue weighted by Crippen LogP contribution is -1.91. The molecule has 102 valence electrons. The van der Waals surface area contributed by atoms with E-state index in [0.29, 0.717) is 0 Å². The molecule has 0 saturated carbocycles. The third kappa shape index (κ3) is 2.41. The Hall–Kier alpha value is -2.26. The number of benzene rings is 3. The van der Waals surface area contributed by atoms with E-state index in [-0.39, 0.29) is 0 Å². The number of rotatable bonds is 3. The molecule has 0 aliphatic carbocycles. The fraction of sp³-hybridized carbons (Fsp3) is 0.0556. The quantitative estimate of drug-likeness (QED) is 0.497. The van der Waals surface area contributed by atoms with Crippen LogP contribution in [0.25, 0.3) is 21.8 Å². The highest BCUT2D eigenvalue weighted by Crippen LogP contribution is 2.25. The zero-order valence-corrected chi connectivity index (χ0v) is 12.3. The molecule has 1 aromatic heterocycles. The molecule has 0 spiro atoms. The van der Waals surface area contributed by atoms with Crippen molar-refractivity contribution in [1.29, 1.82) is 0 Å². The molecule has 0 radical (unpaired) electrons. The Labute approximate surface area is 127 Å². The minimum atomic E-state index is 0.874. The number of aromatic nitrogens is 2. The van der Waals surface area contributed by atoms with Crippen LogP contribution in [-0.4, -0.2) is 9.55 Å². The molecule has 0 atom stereocenters. The first-order chi connectivity index (χ1) is 10.4. The van der Waals surface area contributed by atoms with E-state index in [1.165, 1.54) is 21.2 Å². The third-order valence-corrected chi connectivity index (χ3v) is 4.61. The van der Waals surface area contributed by atoms with Gasteiger partial charge in [0.2, 0.25) is 0 Å². The molecule has 21 heavy (non-hydrogen) atoms. The molecule has 3 heteroatoms. The second kappa shape index (κ2) is 5.26. The van der Waals surface area contributed by atoms with Crippen molar-refractivity contribution in [2.75, 3.05) is 0 Å². The van der Waals surface area contributed by atoms with Gasteiger partial charge in [0, 0.05) is 4.90 Å². The van der Waals surface area contributed by atoms with Crippen molar-refractivity contribution in [3.8, 4) is 0 Å². The maximum atomic E-state index is 4.53. The van der Waals surface area contributed by atoms with Gasteiger partial charge in [-0.15, -0.1) is 11.8 Å². The zero-order chi connectivity index (χ0) is 14.1. The molecule has 4 aromatic rings. The van der Waals surface area contributed by atoms with E-state index < -0.39 is 0 Å². The summed E-state index contributed by atoms with van der Waals surface area (Å²) in [5.74, 6) is 0.874. The average molecular weight is 290 g/mol. The zero-order valence-electron chi connectivity index (χ0n) is 11.4. The molecule has 0 fully saturated rings. The Morgan fingerprint density at radius 1 is 0.857 bits per heavy atom. The van der Waals surface area contributed by atoms with E-state index in [2.05, 4.69) is 70.2 Å². The van der Waals surface area contributed by atoms with E-state index in [9.17, 15) is 0 Å². The highest BCUT2D eigenvalue weighted by Gasteiger charge is 2.05. The number of hydrogen-bond acceptors (Lipinski definition) is 2. The maximum absolute atomic E-state index is 4.53. The van der Waals surface area contributed by atoms with Gasteiger partial charge in [-0.2, -0.15) is 0 Å². The van der Waals surface area contributed by atoms with Crippen molar-refractivity contribution in [1.82, 2.24) is 9.55 Å². The van der Waals surface area contributed by atoms with Gasteiger partial charge in [-0.3, -0.25) is 0 Å². The maximum Gasteiger partial charge on any atom is 0.0966 e. The van der Waals surface area contributed by atoms with Crippen LogP contribution < -0.4 is 0 Å². The minimum Gasteiger partial charge on any atom is -0.320 e. The molecule has 0 amide bonds. The van der Waals surface area contributed by atoms with E-state index >= 15 is 0 Å². The van der Waals surface area contributed by atoms with Crippen molar-refractivity contribution in [2.45, 2.75) is 10.8 Å². The van der Waals surface area contributed by atoms with Gasteiger partial charge < -0.3 is 4.57 Å². The second-order valence-corrected chi connectivity index (χ2v) is 6.01. The summed E-state index contributed by atoms with van der Waals surface area (Å²) in [5.41, 5.74) is 2.25. The topological polar surface area (TPSA) is 17.8 Å². The van der Waals surface area contributed by atoms with Gasteiger partial charge in [0.15, 0.2) is 0 Å². The summed E-state index contributed by atoms with van der Waals surface area (Å²) in [6.45, 7) is 0. The van der Waals surface area contributed by atoms with Crippen molar-refractivity contribution in [3.05, 3.63) is 73.1 Å². The van der Waals surface area contributed by atoms with Crippen molar-refractivity contribution < 1.29 is 0 Å². The van der Waals surface area contributed by atoms with Gasteiger partial charge in [0.25, 0.3) is 0 Å². The summed E-state index contributed by atoms with van der Waals surface area (Å²) >= 11 is 1.82. The van der Waals surface area contributed by atoms with Crippen LogP contribution in [0.1, 0.15) is 0 Å². The van der Waals surface area contributed by atoms with Crippen molar-refractivity contribution in [2.24, 2.45) is 0 Å². The summed E-state index contributed by atoms with van der Waals surface area (Å²) in [6, 6.07) is 23.3. The number of thioether (sulfide) groups is 1. The van der Waals surface area contributed by atoms with Crippen LogP contribution in [0.3, 0.4) is 0 Å². The van der Waals surface area contributed by atoms with Gasteiger partial charge in [0.1, 0.15) is 0 Å². The first kappa shape index (κ1) is 12.5. The smallest absolute Gasteiger partial charge is 0.0966 e. The predicted molar refractivity (Wildman–Crippen MR) is 89.5 cm³/mol. The monoisotopic (exact) mass is 290 g/mol. The summed E-state index contributed by atoms with van der Waals surface area (Å²) in [5, 5.41) is 2.50. The summed E-state index contributed by atoms with van der Waals surface area (Å²) in [6.07, 6.45) is 1.93. The fourth-order valence-corrected chi connectivity index (χ4v) is 3.35. The molecular weight excluding hydrogens is 276 g/mol. The molecule has 4 rings (SSSR count). The van der Waals surface area contributed by atoms with E-state index in [4.69, 9.17) is 0 Å². The molecular formula is C18H14N2S. The van der Waals surface area contributed by atoms with Crippen LogP contribution in [0, 0.1) is 0 Å². The van der Waals surface area contributed by atoms with Crippen molar-refractivity contribution >= 4 is 33.6 Å². The lowest BCUT2D eigenvalue weighted by molar-refractivity contribution is 0.922. The second-order valence-electron chi connectivity index (χ2n) is 4.99. The predicted octanol–water partition coefficient (Wildman–Crippen LogP) is 4.94. The number of nitrogens with zero attached hydrogens (tertiary/aromatic N) is 2. The molecule has 1 heterocycles. The lowest BCUT2D eigenvalue weighted by Gasteiger charge is -2.05. The lowest BCUT2D eigenvalue weighted by atomic mass is 10.1. The number of fused-ring (bicyclic) bond motifs is 2. The van der Waals surface area contributed by atoms with E-state index in [0.717, 1.165) is 11.4 Å². The van der Waals surface area contributed by atoms with Crippen molar-refractivity contribution in [3.63, 3.8) is 0 Å². The number of imidazole rings is 1. The van der Waals surface area contributed by atoms with E-state index in [1.54, 1.807) is 0 Å². The highest BCUT2D eigenvalue weighted by atomic mass is 32.2. The van der Waals surface area contributed by atoms with Gasteiger partial charge in [-0.05, 0) is 35.0 Å². The first-order valence-corrected chi connectivity index (χ1v) is 7.90. The highest BCUT2D eigenvalue weighted by molar-refractivity contribution is 7.98. The summed E-state index contributed by atoms with van der Waals surface area (Å²) < 4.78 is 2.21. The van der Waals surface area contributed by atoms with Crippen LogP contribution in [-0.2, 0) is 5.88 Å². The van der Waals surface area contributed by atoms with Crippen LogP contribution in [0.5, 0.6) is 0 Å². The first-order valence-electron chi connectivity index (χ1n) is 6.92. The van der Waals surface area contributed by atoms with Crippen LogP contribution in [0.15, 0.2) is 78.0 Å². The molecule has 3 aromatic carbocycles. The standard InChI is InChI=1S/C18H14N2S/c1-2-8-16(9-3-1)21-13-20-12-19-17-10-14-6-4-5-7-15(14)11-18(17)20/h1-12H,13H2. The van der Waals surface area contributed by atoms with Gasteiger partial charge in [-0.1, -0.05) is 42.5 Å². The fourth-order valence-electron chi connectivity index (χ4n) is 2.51. The van der Waals surface area contributed by atoms with Gasteiger partial charge in [0.05, 0.1) is 23.2 Å². The van der Waals surface area contributed by atoms with Gasteiger partial charge >= 0.3 is 0 Å². The number of hydrogen-bond donors (Lipinski definition) is 0. The normalized spacial score (nSPS) is 11.2. The molecule has 0 aliphatic rings. The molecule has 0 bridgehead atoms. The molecule has 0 saturated heterocycles. The SMILES string of the molecule is c1ccc(SCn2cnc3cc4ccccc4cc32)cc1. The molecule has 0 N–H and O–H groups in total. The minimum absolute atomic E-state index is 0.874. The van der Waals surface area contributed by atoms with E-state index in [1.807, 2.05) is 24.2 Å². The summed E-state index contributed by atoms with van der Waals surface area (Å²) in [4.78, 5) is 5.81. The van der Waals surface area contributed by atoms with Crippen LogP contribution >= 0.6 is 11.8 Å². The van der Waals surface area contributed by atoms with Crippen LogP contribution in [0.2, 0.25) is 0 Å². The van der Waals surface area contributed by atoms with Gasteiger partial charge in [-0.25, -0.2) is 4.98 Å². The summed E-state index contributed by atoms with van der Waals surface area (Å²) in [7, 11) is 0. The molecule has 0 aliphatic heterocycles. The Balaban J connectivity index is 1.70. The Morgan fingerprint density at radius 3 is 2.38 bits per heavy atom. The Morgan fingerprint density at radius 2 is 1.57 bits per heavy atom. The average Bonchev–Trinajstić information content (AvgIpc) is 2.94. The Bertz CT molecular complexity index is 897. The molecule has 0 unspecified atom stereocenters. The van der Waals surface area contributed by atoms with Crippen LogP contribution in [0.4, 0.5) is 0 Å². The largest absolute Gasteiger partial charge is 0.320 e. The molecule has 2 nitrogen and oxygen atoms in total.